The minimum Gasteiger partial charge on any atom is -0.504 e. The molecule has 1 saturated carbocycles. The molecule has 5 aromatic carbocycles. The number of amides is 4. The molecule has 2 saturated heterocycles. The van der Waals surface area contributed by atoms with Gasteiger partial charge in [-0.2, -0.15) is 5.01 Å². The molecule has 0 spiro atoms. The van der Waals surface area contributed by atoms with E-state index in [-0.39, 0.29) is 29.7 Å². The van der Waals surface area contributed by atoms with Crippen molar-refractivity contribution in [3.8, 4) is 23.0 Å². The first-order chi connectivity index (χ1) is 30.6. The van der Waals surface area contributed by atoms with Crippen molar-refractivity contribution in [1.29, 1.82) is 0 Å². The Morgan fingerprint density at radius 1 is 0.714 bits per heavy atom. The largest absolute Gasteiger partial charge is 0.504 e. The number of nitrogens with one attached hydrogen (secondary N) is 1. The highest BCUT2D eigenvalue weighted by atomic mass is 16.5. The van der Waals surface area contributed by atoms with Crippen LogP contribution in [0.3, 0.4) is 0 Å². The number of hydrogen-bond donors (Lipinski definition) is 2. The topological polar surface area (TPSA) is 135 Å². The summed E-state index contributed by atoms with van der Waals surface area (Å²) in [6.45, 7) is 1.96. The van der Waals surface area contributed by atoms with Gasteiger partial charge in [-0.15, -0.1) is 0 Å². The monoisotopic (exact) mass is 841 g/mol. The lowest BCUT2D eigenvalue weighted by atomic mass is 9.50. The number of hydrogen-bond acceptors (Lipinski definition) is 9. The van der Waals surface area contributed by atoms with E-state index in [2.05, 4.69) is 5.43 Å². The van der Waals surface area contributed by atoms with E-state index in [0.717, 1.165) is 27.3 Å². The number of allylic oxidation sites excluding steroid dienone is 3. The summed E-state index contributed by atoms with van der Waals surface area (Å²) in [4.78, 5) is 60.9. The molecule has 318 valence electrons. The lowest BCUT2D eigenvalue weighted by Gasteiger charge is -2.49. The number of benzene rings is 5. The maximum absolute atomic E-state index is 15.4. The molecular weight excluding hydrogens is 795 g/mol. The number of aryl methyl sites for hydroxylation is 1. The number of phenolic OH excluding ortho intramolecular Hbond substituents is 1. The molecule has 0 radical (unpaired) electrons. The number of anilines is 2. The second-order valence-electron chi connectivity index (χ2n) is 16.5. The van der Waals surface area contributed by atoms with E-state index in [1.807, 2.05) is 122 Å². The van der Waals surface area contributed by atoms with E-state index in [1.54, 1.807) is 38.5 Å². The summed E-state index contributed by atoms with van der Waals surface area (Å²) in [7, 11) is 4.69. The van der Waals surface area contributed by atoms with Gasteiger partial charge >= 0.3 is 0 Å². The van der Waals surface area contributed by atoms with Crippen LogP contribution in [0, 0.1) is 36.5 Å². The molecule has 6 atom stereocenters. The van der Waals surface area contributed by atoms with Crippen molar-refractivity contribution in [2.45, 2.75) is 25.2 Å². The summed E-state index contributed by atoms with van der Waals surface area (Å²) in [5.41, 5.74) is 7.71. The average molecular weight is 842 g/mol. The quantitative estimate of drug-likeness (QED) is 0.0762. The minimum absolute atomic E-state index is 0.0161. The summed E-state index contributed by atoms with van der Waals surface area (Å²) in [6.07, 6.45) is 10.1. The normalized spacial score (nSPS) is 24.1. The van der Waals surface area contributed by atoms with Gasteiger partial charge in [-0.1, -0.05) is 102 Å². The molecule has 2 N–H and O–H groups in total. The van der Waals surface area contributed by atoms with Gasteiger partial charge in [-0.25, -0.2) is 0 Å². The number of carbonyl (C=O) groups is 4. The zero-order valence-corrected chi connectivity index (χ0v) is 35.4. The van der Waals surface area contributed by atoms with Crippen LogP contribution in [-0.4, -0.2) is 55.1 Å². The van der Waals surface area contributed by atoms with Gasteiger partial charge in [-0.05, 0) is 97.0 Å². The fourth-order valence-corrected chi connectivity index (χ4v) is 10.1. The predicted octanol–water partition coefficient (Wildman–Crippen LogP) is 8.63. The fraction of sp³-hybridized carbons (Fsp3) is 0.231. The third-order valence-electron chi connectivity index (χ3n) is 13.2. The van der Waals surface area contributed by atoms with Gasteiger partial charge in [-0.3, -0.25) is 29.5 Å². The number of hydrazine groups is 1. The van der Waals surface area contributed by atoms with Crippen molar-refractivity contribution in [1.82, 2.24) is 5.01 Å². The molecule has 2 aliphatic heterocycles. The zero-order chi connectivity index (χ0) is 44.0. The van der Waals surface area contributed by atoms with Crippen LogP contribution in [0.2, 0.25) is 0 Å². The van der Waals surface area contributed by atoms with Crippen molar-refractivity contribution < 1.29 is 38.5 Å². The Labute approximate surface area is 365 Å². The molecule has 3 fully saturated rings. The minimum atomic E-state index is -1.40. The first-order valence-electron chi connectivity index (χ1n) is 21.0. The average Bonchev–Trinajstić information content (AvgIpc) is 3.69. The van der Waals surface area contributed by atoms with Crippen LogP contribution in [0.25, 0.3) is 18.2 Å². The number of aromatic hydroxyl groups is 1. The van der Waals surface area contributed by atoms with Crippen LogP contribution in [0.5, 0.6) is 23.0 Å². The molecule has 11 heteroatoms. The van der Waals surface area contributed by atoms with Crippen molar-refractivity contribution in [3.05, 3.63) is 161 Å². The molecule has 63 heavy (non-hydrogen) atoms. The van der Waals surface area contributed by atoms with Crippen LogP contribution in [-0.2, 0) is 24.6 Å². The number of ether oxygens (including phenoxy) is 3. The fourth-order valence-electron chi connectivity index (χ4n) is 10.1. The van der Waals surface area contributed by atoms with Gasteiger partial charge in [0.25, 0.3) is 11.8 Å². The maximum atomic E-state index is 15.4. The summed E-state index contributed by atoms with van der Waals surface area (Å²) in [5.74, 6) is -3.27. The third kappa shape index (κ3) is 6.93. The number of phenols is 1. The third-order valence-corrected chi connectivity index (χ3v) is 13.2. The van der Waals surface area contributed by atoms with Gasteiger partial charge in [0.15, 0.2) is 11.5 Å². The molecule has 2 aliphatic carbocycles. The first-order valence-corrected chi connectivity index (χ1v) is 21.0. The second kappa shape index (κ2) is 16.5. The van der Waals surface area contributed by atoms with Crippen LogP contribution < -0.4 is 24.5 Å². The Morgan fingerprint density at radius 2 is 1.44 bits per heavy atom. The van der Waals surface area contributed by atoms with Gasteiger partial charge in [0.2, 0.25) is 11.8 Å². The standard InChI is InChI=1S/C52H47N3O8/c1-31-10-18-36(19-11-31)53-55-49(58)43-30-41-39(42(25-15-33-16-26-44(56)46(28-33)63-4)52(43,51(55)60)35-8-6-5-7-9-35)23-24-40-47(41)50(59)54(48(40)57)37-20-13-32(14-21-37)12-17-34-29-38(61-2)22-27-45(34)62-3/h5-23,25-29,40-43,47,53,56H,24,30H2,1-4H3. The Hall–Kier alpha value is -7.40. The van der Waals surface area contributed by atoms with Crippen LogP contribution >= 0.6 is 0 Å². The van der Waals surface area contributed by atoms with Crippen molar-refractivity contribution >= 4 is 53.2 Å². The highest BCUT2D eigenvalue weighted by molar-refractivity contribution is 6.22. The van der Waals surface area contributed by atoms with E-state index in [0.29, 0.717) is 40.4 Å². The SMILES string of the molecule is COc1ccc(OC)c(C=Cc2ccc(N3C(=O)C4CC=C5C(CC6C(=O)N(Nc7ccc(C)cc7)C(=O)C6(c6ccccc6)C5C=Cc5ccc(O)c(OC)c5)C4C3=O)cc2)c1. The molecule has 11 nitrogen and oxygen atoms in total. The lowest BCUT2D eigenvalue weighted by Crippen LogP contribution is -2.54. The molecule has 4 aliphatic rings. The van der Waals surface area contributed by atoms with E-state index < -0.39 is 46.8 Å². The van der Waals surface area contributed by atoms with E-state index >= 15 is 4.79 Å². The Bertz CT molecular complexity index is 2710. The Kier molecular flexibility index (Phi) is 10.7. The summed E-state index contributed by atoms with van der Waals surface area (Å²) in [6, 6.07) is 34.6. The summed E-state index contributed by atoms with van der Waals surface area (Å²) in [5, 5.41) is 11.5. The van der Waals surface area contributed by atoms with Crippen molar-refractivity contribution in [2.24, 2.45) is 29.6 Å². The molecule has 4 amide bonds. The smallest absolute Gasteiger partial charge is 0.260 e. The van der Waals surface area contributed by atoms with Crippen LogP contribution in [0.15, 0.2) is 133 Å². The number of fused-ring (bicyclic) bond motifs is 4. The highest BCUT2D eigenvalue weighted by Crippen LogP contribution is 2.61. The van der Waals surface area contributed by atoms with E-state index in [1.165, 1.54) is 18.1 Å². The molecule has 5 aromatic rings. The van der Waals surface area contributed by atoms with Crippen molar-refractivity contribution in [2.75, 3.05) is 31.7 Å². The molecule has 0 bridgehead atoms. The van der Waals surface area contributed by atoms with E-state index in [9.17, 15) is 19.5 Å². The summed E-state index contributed by atoms with van der Waals surface area (Å²) < 4.78 is 16.3. The van der Waals surface area contributed by atoms with E-state index in [4.69, 9.17) is 14.2 Å². The highest BCUT2D eigenvalue weighted by Gasteiger charge is 2.69. The van der Waals surface area contributed by atoms with Gasteiger partial charge < -0.3 is 19.3 Å². The zero-order valence-electron chi connectivity index (χ0n) is 35.4. The van der Waals surface area contributed by atoms with Gasteiger partial charge in [0.1, 0.15) is 11.5 Å². The van der Waals surface area contributed by atoms with Gasteiger partial charge in [0, 0.05) is 11.5 Å². The maximum Gasteiger partial charge on any atom is 0.260 e. The van der Waals surface area contributed by atoms with Crippen LogP contribution in [0.4, 0.5) is 11.4 Å². The number of carbonyl (C=O) groups excluding carboxylic acids is 4. The molecule has 6 unspecified atom stereocenters. The Morgan fingerprint density at radius 3 is 2.16 bits per heavy atom. The molecule has 2 heterocycles. The number of imide groups is 2. The molecule has 0 aromatic heterocycles. The number of rotatable bonds is 11. The molecular formula is C52H47N3O8. The molecule has 9 rings (SSSR count). The summed E-state index contributed by atoms with van der Waals surface area (Å²) >= 11 is 0. The lowest BCUT2D eigenvalue weighted by molar-refractivity contribution is -0.139. The first kappa shape index (κ1) is 41.0. The van der Waals surface area contributed by atoms with Gasteiger partial charge in [0.05, 0.1) is 55.9 Å². The van der Waals surface area contributed by atoms with Crippen molar-refractivity contribution in [3.63, 3.8) is 0 Å². The van der Waals surface area contributed by atoms with Crippen LogP contribution in [0.1, 0.15) is 40.7 Å². The number of methoxy groups -OCH3 is 3. The number of nitrogens with zero attached hydrogens (tertiary/aromatic N) is 2. The predicted molar refractivity (Wildman–Crippen MR) is 241 cm³/mol. The Balaban J connectivity index is 1.10. The second-order valence-corrected chi connectivity index (χ2v) is 16.5.